The number of amides is 1. The van der Waals surface area contributed by atoms with Crippen LogP contribution in [-0.4, -0.2) is 47.4 Å². The first-order chi connectivity index (χ1) is 13.5. The minimum Gasteiger partial charge on any atom is -0.457 e. The molecule has 2 fully saturated rings. The normalized spacial score (nSPS) is 17.5. The van der Waals surface area contributed by atoms with Crippen molar-refractivity contribution in [2.75, 3.05) is 26.2 Å². The Kier molecular flexibility index (Phi) is 6.86. The van der Waals surface area contributed by atoms with Crippen LogP contribution >= 0.6 is 12.4 Å². The van der Waals surface area contributed by atoms with Gasteiger partial charge in [0.1, 0.15) is 11.5 Å². The molecule has 1 aliphatic heterocycles. The van der Waals surface area contributed by atoms with Gasteiger partial charge in [0.2, 0.25) is 5.91 Å². The highest BCUT2D eigenvalue weighted by Crippen LogP contribution is 2.43. The number of para-hydroxylation sites is 1. The number of carbonyl (C=O) groups is 1. The lowest BCUT2D eigenvalue weighted by Crippen LogP contribution is -2.56. The van der Waals surface area contributed by atoms with E-state index in [0.29, 0.717) is 6.42 Å². The smallest absolute Gasteiger partial charge is 0.227 e. The lowest BCUT2D eigenvalue weighted by Gasteiger charge is -2.44. The first kappa shape index (κ1) is 21.7. The average molecular weight is 415 g/mol. The topological polar surface area (TPSA) is 32.8 Å². The Balaban J connectivity index is 0.00000240. The van der Waals surface area contributed by atoms with Crippen molar-refractivity contribution >= 4 is 18.3 Å². The van der Waals surface area contributed by atoms with Crippen LogP contribution in [0.2, 0.25) is 0 Å². The lowest BCUT2D eigenvalue weighted by molar-refractivity contribution is -0.133. The van der Waals surface area contributed by atoms with Crippen LogP contribution in [0.1, 0.15) is 32.3 Å². The van der Waals surface area contributed by atoms with Crippen molar-refractivity contribution in [3.05, 3.63) is 60.2 Å². The summed E-state index contributed by atoms with van der Waals surface area (Å²) in [6.07, 6.45) is 3.14. The van der Waals surface area contributed by atoms with Crippen LogP contribution in [0.4, 0.5) is 0 Å². The summed E-state index contributed by atoms with van der Waals surface area (Å²) < 4.78 is 5.89. The van der Waals surface area contributed by atoms with E-state index in [9.17, 15) is 4.79 Å². The summed E-state index contributed by atoms with van der Waals surface area (Å²) in [5.74, 6) is 2.62. The molecular weight excluding hydrogens is 384 g/mol. The van der Waals surface area contributed by atoms with Crippen molar-refractivity contribution in [2.24, 2.45) is 5.92 Å². The molecule has 2 aliphatic rings. The van der Waals surface area contributed by atoms with Crippen molar-refractivity contribution in [1.29, 1.82) is 0 Å². The van der Waals surface area contributed by atoms with Gasteiger partial charge in [0.05, 0.1) is 6.42 Å². The van der Waals surface area contributed by atoms with Crippen LogP contribution in [0.5, 0.6) is 11.5 Å². The van der Waals surface area contributed by atoms with Crippen LogP contribution < -0.4 is 4.74 Å². The Morgan fingerprint density at radius 1 is 0.966 bits per heavy atom. The number of hydrogen-bond acceptors (Lipinski definition) is 3. The summed E-state index contributed by atoms with van der Waals surface area (Å²) >= 11 is 0. The fourth-order valence-electron chi connectivity index (χ4n) is 4.21. The molecule has 1 amide bonds. The van der Waals surface area contributed by atoms with Crippen molar-refractivity contribution in [3.8, 4) is 11.5 Å². The standard InChI is InChI=1S/C24H30N2O2.ClH/c1-24(2,20-11-12-20)26-15-13-25(14-16-26)23(27)18-19-7-6-10-22(17-19)28-21-8-4-3-5-9-21;/h3-10,17,20H,11-16,18H2,1-2H3;1H. The van der Waals surface area contributed by atoms with Crippen molar-refractivity contribution in [3.63, 3.8) is 0 Å². The van der Waals surface area contributed by atoms with E-state index < -0.39 is 0 Å². The highest BCUT2D eigenvalue weighted by molar-refractivity contribution is 5.85. The molecule has 4 rings (SSSR count). The van der Waals surface area contributed by atoms with Crippen LogP contribution in [-0.2, 0) is 11.2 Å². The van der Waals surface area contributed by atoms with Gasteiger partial charge in [-0.2, -0.15) is 0 Å². The molecular formula is C24H31ClN2O2. The zero-order valence-electron chi connectivity index (χ0n) is 17.3. The minimum atomic E-state index is 0. The largest absolute Gasteiger partial charge is 0.457 e. The van der Waals surface area contributed by atoms with E-state index in [4.69, 9.17) is 4.74 Å². The molecule has 1 saturated heterocycles. The summed E-state index contributed by atoms with van der Waals surface area (Å²) in [5.41, 5.74) is 1.28. The maximum atomic E-state index is 12.8. The van der Waals surface area contributed by atoms with Crippen LogP contribution in [0.3, 0.4) is 0 Å². The minimum absolute atomic E-state index is 0. The SMILES string of the molecule is CC(C)(C1CC1)N1CCN(C(=O)Cc2cccc(Oc3ccccc3)c2)CC1.Cl. The van der Waals surface area contributed by atoms with Crippen molar-refractivity contribution in [1.82, 2.24) is 9.80 Å². The highest BCUT2D eigenvalue weighted by Gasteiger charge is 2.42. The summed E-state index contributed by atoms with van der Waals surface area (Å²) in [6.45, 7) is 8.34. The molecule has 0 unspecified atom stereocenters. The van der Waals surface area contributed by atoms with E-state index in [-0.39, 0.29) is 23.9 Å². The highest BCUT2D eigenvalue weighted by atomic mass is 35.5. The number of benzene rings is 2. The number of rotatable bonds is 6. The van der Waals surface area contributed by atoms with Gasteiger partial charge >= 0.3 is 0 Å². The Bertz CT molecular complexity index is 813. The third kappa shape index (κ3) is 5.31. The van der Waals surface area contributed by atoms with E-state index in [1.54, 1.807) is 0 Å². The van der Waals surface area contributed by atoms with Crippen LogP contribution in [0.25, 0.3) is 0 Å². The summed E-state index contributed by atoms with van der Waals surface area (Å²) in [7, 11) is 0. The Labute approximate surface area is 180 Å². The number of carbonyl (C=O) groups excluding carboxylic acids is 1. The van der Waals surface area contributed by atoms with Gasteiger partial charge in [0, 0.05) is 31.7 Å². The van der Waals surface area contributed by atoms with Gasteiger partial charge in [0.15, 0.2) is 0 Å². The summed E-state index contributed by atoms with van der Waals surface area (Å²) in [4.78, 5) is 17.4. The van der Waals surface area contributed by atoms with Crippen molar-refractivity contribution < 1.29 is 9.53 Å². The predicted octanol–water partition coefficient (Wildman–Crippen LogP) is 4.78. The fourth-order valence-corrected chi connectivity index (χ4v) is 4.21. The Hall–Kier alpha value is -2.04. The first-order valence-corrected chi connectivity index (χ1v) is 10.4. The molecule has 0 bridgehead atoms. The second-order valence-corrected chi connectivity index (χ2v) is 8.54. The van der Waals surface area contributed by atoms with Gasteiger partial charge in [-0.05, 0) is 62.4 Å². The lowest BCUT2D eigenvalue weighted by atomic mass is 9.95. The van der Waals surface area contributed by atoms with Gasteiger partial charge in [-0.25, -0.2) is 0 Å². The van der Waals surface area contributed by atoms with Gasteiger partial charge < -0.3 is 9.64 Å². The molecule has 1 heterocycles. The average Bonchev–Trinajstić information content (AvgIpc) is 3.55. The molecule has 29 heavy (non-hydrogen) atoms. The Morgan fingerprint density at radius 3 is 2.28 bits per heavy atom. The Morgan fingerprint density at radius 2 is 1.62 bits per heavy atom. The molecule has 4 nitrogen and oxygen atoms in total. The summed E-state index contributed by atoms with van der Waals surface area (Å²) in [6, 6.07) is 17.6. The molecule has 0 radical (unpaired) electrons. The second-order valence-electron chi connectivity index (χ2n) is 8.54. The maximum absolute atomic E-state index is 12.8. The third-order valence-electron chi connectivity index (χ3n) is 6.26. The van der Waals surface area contributed by atoms with Gasteiger partial charge in [-0.1, -0.05) is 30.3 Å². The molecule has 156 valence electrons. The van der Waals surface area contributed by atoms with E-state index in [2.05, 4.69) is 18.7 Å². The number of halogens is 1. The van der Waals surface area contributed by atoms with Crippen LogP contribution in [0, 0.1) is 5.92 Å². The first-order valence-electron chi connectivity index (χ1n) is 10.4. The zero-order chi connectivity index (χ0) is 19.6. The van der Waals surface area contributed by atoms with E-state index in [1.807, 2.05) is 59.5 Å². The third-order valence-corrected chi connectivity index (χ3v) is 6.26. The molecule has 5 heteroatoms. The number of hydrogen-bond donors (Lipinski definition) is 0. The number of ether oxygens (including phenoxy) is 1. The number of piperazine rings is 1. The van der Waals surface area contributed by atoms with Crippen molar-refractivity contribution in [2.45, 2.75) is 38.6 Å². The van der Waals surface area contributed by atoms with Gasteiger partial charge in [-0.3, -0.25) is 9.69 Å². The molecule has 2 aromatic carbocycles. The van der Waals surface area contributed by atoms with Crippen LogP contribution in [0.15, 0.2) is 54.6 Å². The van der Waals surface area contributed by atoms with E-state index >= 15 is 0 Å². The quantitative estimate of drug-likeness (QED) is 0.682. The van der Waals surface area contributed by atoms with E-state index in [1.165, 1.54) is 12.8 Å². The van der Waals surface area contributed by atoms with E-state index in [0.717, 1.165) is 49.2 Å². The molecule has 0 atom stereocenters. The number of nitrogens with zero attached hydrogens (tertiary/aromatic N) is 2. The monoisotopic (exact) mass is 414 g/mol. The van der Waals surface area contributed by atoms with Gasteiger partial charge in [0.25, 0.3) is 0 Å². The van der Waals surface area contributed by atoms with Gasteiger partial charge in [-0.15, -0.1) is 12.4 Å². The molecule has 0 aromatic heterocycles. The maximum Gasteiger partial charge on any atom is 0.227 e. The predicted molar refractivity (Wildman–Crippen MR) is 119 cm³/mol. The molecule has 1 saturated carbocycles. The zero-order valence-corrected chi connectivity index (χ0v) is 18.2. The molecule has 0 N–H and O–H groups in total. The summed E-state index contributed by atoms with van der Waals surface area (Å²) in [5, 5.41) is 0. The fraction of sp³-hybridized carbons (Fsp3) is 0.458. The molecule has 2 aromatic rings. The second kappa shape index (κ2) is 9.19. The molecule has 0 spiro atoms. The molecule has 1 aliphatic carbocycles.